The third kappa shape index (κ3) is 5.69. The fourth-order valence-corrected chi connectivity index (χ4v) is 4.73. The minimum atomic E-state index is -3.41. The Hall–Kier alpha value is -4.13. The standard InChI is InChI=1S/C22H22N6O6S/c1-35(32,33)28-10-4-5-15-11-16(8-9-19(15)28)20(29)13-34-22(31)17-6-2-3-7-18(17)24-21(30)12-27-14-23-25-26-27/h2-3,6-9,11,14H,4-5,10,12-13H2,1H3,(H,24,30). The van der Waals surface area contributed by atoms with Crippen LogP contribution in [0.15, 0.2) is 48.8 Å². The van der Waals surface area contributed by atoms with Crippen LogP contribution in [0, 0.1) is 0 Å². The van der Waals surface area contributed by atoms with Gasteiger partial charge in [-0.1, -0.05) is 12.1 Å². The molecule has 1 amide bonds. The normalized spacial score (nSPS) is 13.1. The van der Waals surface area contributed by atoms with Crippen molar-refractivity contribution in [2.75, 3.05) is 29.0 Å². The predicted octanol–water partition coefficient (Wildman–Crippen LogP) is 1.06. The number of aryl methyl sites for hydroxylation is 1. The number of para-hydroxylation sites is 1. The molecule has 2 heterocycles. The number of nitrogens with one attached hydrogen (secondary N) is 1. The van der Waals surface area contributed by atoms with Crippen LogP contribution in [-0.4, -0.2) is 65.7 Å². The van der Waals surface area contributed by atoms with Crippen molar-refractivity contribution in [1.29, 1.82) is 0 Å². The maximum absolute atomic E-state index is 12.7. The van der Waals surface area contributed by atoms with E-state index in [1.165, 1.54) is 33.5 Å². The number of fused-ring (bicyclic) bond motifs is 1. The lowest BCUT2D eigenvalue weighted by atomic mass is 9.99. The highest BCUT2D eigenvalue weighted by Crippen LogP contribution is 2.30. The number of amides is 1. The number of tetrazole rings is 1. The summed E-state index contributed by atoms with van der Waals surface area (Å²) in [5.74, 6) is -1.67. The van der Waals surface area contributed by atoms with Gasteiger partial charge in [-0.25, -0.2) is 17.9 Å². The molecule has 2 aromatic carbocycles. The zero-order valence-electron chi connectivity index (χ0n) is 18.7. The van der Waals surface area contributed by atoms with E-state index in [2.05, 4.69) is 20.8 Å². The van der Waals surface area contributed by atoms with Gasteiger partial charge in [0.15, 0.2) is 12.4 Å². The number of benzene rings is 2. The molecule has 0 saturated heterocycles. The van der Waals surface area contributed by atoms with Gasteiger partial charge in [0.2, 0.25) is 15.9 Å². The highest BCUT2D eigenvalue weighted by Gasteiger charge is 2.25. The van der Waals surface area contributed by atoms with E-state index < -0.39 is 34.3 Å². The number of sulfonamides is 1. The van der Waals surface area contributed by atoms with E-state index in [1.807, 2.05) is 0 Å². The van der Waals surface area contributed by atoms with Gasteiger partial charge in [-0.05, 0) is 59.2 Å². The lowest BCUT2D eigenvalue weighted by molar-refractivity contribution is -0.116. The van der Waals surface area contributed by atoms with Crippen molar-refractivity contribution in [2.24, 2.45) is 0 Å². The van der Waals surface area contributed by atoms with Gasteiger partial charge in [0.25, 0.3) is 0 Å². The number of nitrogens with zero attached hydrogens (tertiary/aromatic N) is 5. The first-order chi connectivity index (χ1) is 16.7. The Morgan fingerprint density at radius 1 is 1.14 bits per heavy atom. The highest BCUT2D eigenvalue weighted by atomic mass is 32.2. The quantitative estimate of drug-likeness (QED) is 0.355. The van der Waals surface area contributed by atoms with Gasteiger partial charge in [-0.3, -0.25) is 13.9 Å². The molecule has 4 rings (SSSR count). The van der Waals surface area contributed by atoms with E-state index in [9.17, 15) is 22.8 Å². The molecule has 182 valence electrons. The first-order valence-electron chi connectivity index (χ1n) is 10.6. The molecule has 0 saturated carbocycles. The fraction of sp³-hybridized carbons (Fsp3) is 0.273. The molecule has 0 unspecified atom stereocenters. The molecule has 1 aromatic heterocycles. The van der Waals surface area contributed by atoms with Gasteiger partial charge in [0, 0.05) is 12.1 Å². The molecule has 0 fully saturated rings. The maximum atomic E-state index is 12.7. The van der Waals surface area contributed by atoms with Crippen LogP contribution in [0.2, 0.25) is 0 Å². The van der Waals surface area contributed by atoms with Crippen molar-refractivity contribution in [3.63, 3.8) is 0 Å². The van der Waals surface area contributed by atoms with Gasteiger partial charge in [0.1, 0.15) is 12.9 Å². The van der Waals surface area contributed by atoms with E-state index in [1.54, 1.807) is 24.3 Å². The summed E-state index contributed by atoms with van der Waals surface area (Å²) in [4.78, 5) is 37.6. The number of esters is 1. The molecule has 0 bridgehead atoms. The Morgan fingerprint density at radius 2 is 1.94 bits per heavy atom. The summed E-state index contributed by atoms with van der Waals surface area (Å²) in [7, 11) is -3.41. The molecule has 0 radical (unpaired) electrons. The summed E-state index contributed by atoms with van der Waals surface area (Å²) in [5.41, 5.74) is 1.92. The van der Waals surface area contributed by atoms with Crippen molar-refractivity contribution in [2.45, 2.75) is 19.4 Å². The predicted molar refractivity (Wildman–Crippen MR) is 124 cm³/mol. The number of anilines is 2. The van der Waals surface area contributed by atoms with Crippen LogP contribution < -0.4 is 9.62 Å². The third-order valence-electron chi connectivity index (χ3n) is 5.33. The molecule has 3 aromatic rings. The SMILES string of the molecule is CS(=O)(=O)N1CCCc2cc(C(=O)COC(=O)c3ccccc3NC(=O)Cn3cnnn3)ccc21. The van der Waals surface area contributed by atoms with E-state index in [0.29, 0.717) is 30.6 Å². The zero-order valence-corrected chi connectivity index (χ0v) is 19.6. The first kappa shape index (κ1) is 24.0. The van der Waals surface area contributed by atoms with Crippen LogP contribution in [0.5, 0.6) is 0 Å². The first-order valence-corrected chi connectivity index (χ1v) is 12.5. The summed E-state index contributed by atoms with van der Waals surface area (Å²) >= 11 is 0. The lowest BCUT2D eigenvalue weighted by Gasteiger charge is -2.29. The second-order valence-corrected chi connectivity index (χ2v) is 9.79. The number of ether oxygens (including phenoxy) is 1. The molecule has 1 aliphatic rings. The van der Waals surface area contributed by atoms with Crippen molar-refractivity contribution < 1.29 is 27.5 Å². The third-order valence-corrected chi connectivity index (χ3v) is 6.51. The number of hydrogen-bond acceptors (Lipinski definition) is 9. The molecule has 35 heavy (non-hydrogen) atoms. The summed E-state index contributed by atoms with van der Waals surface area (Å²) in [6, 6.07) is 11.0. The minimum Gasteiger partial charge on any atom is -0.454 e. The zero-order chi connectivity index (χ0) is 25.0. The topological polar surface area (TPSA) is 153 Å². The summed E-state index contributed by atoms with van der Waals surface area (Å²) in [5, 5.41) is 13.1. The van der Waals surface area contributed by atoms with Crippen LogP contribution in [-0.2, 0) is 32.5 Å². The molecule has 13 heteroatoms. The van der Waals surface area contributed by atoms with Gasteiger partial charge in [-0.2, -0.15) is 0 Å². The van der Waals surface area contributed by atoms with E-state index in [0.717, 1.165) is 11.8 Å². The molecule has 1 aliphatic heterocycles. The summed E-state index contributed by atoms with van der Waals surface area (Å²) < 4.78 is 31.8. The summed E-state index contributed by atoms with van der Waals surface area (Å²) in [6.45, 7) is -0.271. The molecule has 12 nitrogen and oxygen atoms in total. The number of Topliss-reactive ketones (excluding diaryl/α,β-unsaturated/α-hetero) is 1. The van der Waals surface area contributed by atoms with Gasteiger partial charge in [-0.15, -0.1) is 5.10 Å². The van der Waals surface area contributed by atoms with Crippen molar-refractivity contribution >= 4 is 39.1 Å². The molecule has 0 atom stereocenters. The Labute approximate surface area is 200 Å². The molecule has 0 spiro atoms. The second kappa shape index (κ2) is 10.0. The monoisotopic (exact) mass is 498 g/mol. The Morgan fingerprint density at radius 3 is 2.69 bits per heavy atom. The molecular weight excluding hydrogens is 476 g/mol. The van der Waals surface area contributed by atoms with Crippen LogP contribution in [0.1, 0.15) is 32.7 Å². The molecule has 0 aliphatic carbocycles. The van der Waals surface area contributed by atoms with E-state index >= 15 is 0 Å². The second-order valence-electron chi connectivity index (χ2n) is 7.88. The fourth-order valence-electron chi connectivity index (χ4n) is 3.73. The van der Waals surface area contributed by atoms with Crippen LogP contribution in [0.4, 0.5) is 11.4 Å². The average Bonchev–Trinajstić information content (AvgIpc) is 3.34. The van der Waals surface area contributed by atoms with E-state index in [-0.39, 0.29) is 17.8 Å². The van der Waals surface area contributed by atoms with Gasteiger partial charge >= 0.3 is 5.97 Å². The minimum absolute atomic E-state index is 0.0830. The Bertz CT molecular complexity index is 1370. The Balaban J connectivity index is 1.41. The number of hydrogen-bond donors (Lipinski definition) is 1. The van der Waals surface area contributed by atoms with Crippen LogP contribution in [0.25, 0.3) is 0 Å². The smallest absolute Gasteiger partial charge is 0.340 e. The highest BCUT2D eigenvalue weighted by molar-refractivity contribution is 7.92. The summed E-state index contributed by atoms with van der Waals surface area (Å²) in [6.07, 6.45) is 3.71. The molecular formula is C22H22N6O6S. The number of rotatable bonds is 8. The number of ketones is 1. The van der Waals surface area contributed by atoms with Gasteiger partial charge in [0.05, 0.1) is 23.2 Å². The van der Waals surface area contributed by atoms with Crippen molar-refractivity contribution in [3.05, 3.63) is 65.5 Å². The van der Waals surface area contributed by atoms with Gasteiger partial charge < -0.3 is 10.1 Å². The van der Waals surface area contributed by atoms with Crippen molar-refractivity contribution in [3.8, 4) is 0 Å². The van der Waals surface area contributed by atoms with Crippen molar-refractivity contribution in [1.82, 2.24) is 20.2 Å². The number of aromatic nitrogens is 4. The number of carbonyl (C=O) groups is 3. The van der Waals surface area contributed by atoms with E-state index in [4.69, 9.17) is 4.74 Å². The number of carbonyl (C=O) groups excluding carboxylic acids is 3. The largest absolute Gasteiger partial charge is 0.454 e. The lowest BCUT2D eigenvalue weighted by Crippen LogP contribution is -2.34. The Kier molecular flexibility index (Phi) is 6.87. The average molecular weight is 499 g/mol. The maximum Gasteiger partial charge on any atom is 0.340 e. The van der Waals surface area contributed by atoms with Crippen LogP contribution >= 0.6 is 0 Å². The van der Waals surface area contributed by atoms with Crippen LogP contribution in [0.3, 0.4) is 0 Å². The molecule has 1 N–H and O–H groups in total.